The molecule has 1 fully saturated rings. The van der Waals surface area contributed by atoms with Gasteiger partial charge in [0.05, 0.1) is 5.69 Å². The van der Waals surface area contributed by atoms with E-state index in [-0.39, 0.29) is 23.8 Å². The van der Waals surface area contributed by atoms with Crippen LogP contribution in [0.1, 0.15) is 42.1 Å². The summed E-state index contributed by atoms with van der Waals surface area (Å²) in [5.41, 5.74) is 1.65. The van der Waals surface area contributed by atoms with Gasteiger partial charge in [-0.3, -0.25) is 9.59 Å². The third-order valence-corrected chi connectivity index (χ3v) is 6.08. The zero-order valence-electron chi connectivity index (χ0n) is 15.8. The summed E-state index contributed by atoms with van der Waals surface area (Å²) >= 11 is 7.46. The number of rotatable bonds is 4. The van der Waals surface area contributed by atoms with E-state index in [1.54, 1.807) is 0 Å². The number of aryl methyl sites for hydroxylation is 1. The molecule has 2 heterocycles. The molecule has 27 heavy (non-hydrogen) atoms. The molecule has 0 unspecified atom stereocenters. The summed E-state index contributed by atoms with van der Waals surface area (Å²) < 4.78 is 0. The molecule has 144 valence electrons. The van der Waals surface area contributed by atoms with E-state index in [0.29, 0.717) is 35.8 Å². The van der Waals surface area contributed by atoms with E-state index < -0.39 is 0 Å². The van der Waals surface area contributed by atoms with Crippen LogP contribution in [-0.2, 0) is 4.79 Å². The smallest absolute Gasteiger partial charge is 0.265 e. The molecule has 1 aliphatic rings. The van der Waals surface area contributed by atoms with Crippen LogP contribution >= 0.6 is 22.9 Å². The maximum Gasteiger partial charge on any atom is 0.265 e. The predicted molar refractivity (Wildman–Crippen MR) is 109 cm³/mol. The Morgan fingerprint density at radius 2 is 2.00 bits per heavy atom. The second-order valence-electron chi connectivity index (χ2n) is 7.17. The molecular weight excluding hydrogens is 382 g/mol. The summed E-state index contributed by atoms with van der Waals surface area (Å²) in [5, 5.41) is 4.41. The van der Waals surface area contributed by atoms with Gasteiger partial charge in [0, 0.05) is 35.6 Å². The molecule has 0 radical (unpaired) electrons. The SMILES string of the molecule is Cc1nc(-c2cccc(Cl)c2)sc1C(=O)N1CCC(C(=O)NC(C)C)CC1. The number of halogens is 1. The molecule has 1 aromatic heterocycles. The number of carbonyl (C=O) groups excluding carboxylic acids is 2. The predicted octanol–water partition coefficient (Wildman–Crippen LogP) is 4.15. The number of hydrogen-bond donors (Lipinski definition) is 1. The Hall–Kier alpha value is -1.92. The second kappa shape index (κ2) is 8.40. The monoisotopic (exact) mass is 405 g/mol. The maximum atomic E-state index is 13.0. The lowest BCUT2D eigenvalue weighted by molar-refractivity contribution is -0.126. The molecule has 0 atom stereocenters. The van der Waals surface area contributed by atoms with Crippen molar-refractivity contribution in [2.45, 2.75) is 39.7 Å². The van der Waals surface area contributed by atoms with Crippen LogP contribution < -0.4 is 5.32 Å². The van der Waals surface area contributed by atoms with E-state index >= 15 is 0 Å². The number of piperidine rings is 1. The van der Waals surface area contributed by atoms with Gasteiger partial charge in [-0.25, -0.2) is 4.98 Å². The second-order valence-corrected chi connectivity index (χ2v) is 8.61. The number of amides is 2. The van der Waals surface area contributed by atoms with E-state index in [4.69, 9.17) is 11.6 Å². The van der Waals surface area contributed by atoms with Gasteiger partial charge in [-0.15, -0.1) is 11.3 Å². The van der Waals surface area contributed by atoms with Gasteiger partial charge in [0.2, 0.25) is 5.91 Å². The maximum absolute atomic E-state index is 13.0. The highest BCUT2D eigenvalue weighted by molar-refractivity contribution is 7.17. The molecule has 1 aliphatic heterocycles. The van der Waals surface area contributed by atoms with Gasteiger partial charge in [-0.05, 0) is 45.7 Å². The lowest BCUT2D eigenvalue weighted by Crippen LogP contribution is -2.44. The summed E-state index contributed by atoms with van der Waals surface area (Å²) in [6, 6.07) is 7.63. The number of carbonyl (C=O) groups is 2. The first-order valence-corrected chi connectivity index (χ1v) is 10.4. The summed E-state index contributed by atoms with van der Waals surface area (Å²) in [4.78, 5) is 32.2. The summed E-state index contributed by atoms with van der Waals surface area (Å²) in [6.07, 6.45) is 1.40. The van der Waals surface area contributed by atoms with Crippen molar-refractivity contribution in [3.05, 3.63) is 39.9 Å². The molecule has 0 saturated carbocycles. The van der Waals surface area contributed by atoms with Crippen LogP contribution in [0.25, 0.3) is 10.6 Å². The van der Waals surface area contributed by atoms with Gasteiger partial charge < -0.3 is 10.2 Å². The highest BCUT2D eigenvalue weighted by atomic mass is 35.5. The first-order valence-electron chi connectivity index (χ1n) is 9.18. The van der Waals surface area contributed by atoms with E-state index in [0.717, 1.165) is 16.3 Å². The van der Waals surface area contributed by atoms with Crippen molar-refractivity contribution in [1.29, 1.82) is 0 Å². The standard InChI is InChI=1S/C20H24ClN3O2S/c1-12(2)22-18(25)14-7-9-24(10-8-14)20(26)17-13(3)23-19(27-17)15-5-4-6-16(21)11-15/h4-6,11-12,14H,7-10H2,1-3H3,(H,22,25). The normalized spacial score (nSPS) is 15.2. The quantitative estimate of drug-likeness (QED) is 0.831. The van der Waals surface area contributed by atoms with E-state index in [1.807, 2.05) is 49.9 Å². The Bertz CT molecular complexity index is 842. The van der Waals surface area contributed by atoms with Gasteiger partial charge in [0.15, 0.2) is 0 Å². The average molecular weight is 406 g/mol. The van der Waals surface area contributed by atoms with Crippen molar-refractivity contribution < 1.29 is 9.59 Å². The van der Waals surface area contributed by atoms with E-state index in [2.05, 4.69) is 10.3 Å². The van der Waals surface area contributed by atoms with Crippen molar-refractivity contribution in [2.24, 2.45) is 5.92 Å². The molecule has 1 saturated heterocycles. The summed E-state index contributed by atoms with van der Waals surface area (Å²) in [6.45, 7) is 6.97. The van der Waals surface area contributed by atoms with Crippen LogP contribution in [0.5, 0.6) is 0 Å². The fraction of sp³-hybridized carbons (Fsp3) is 0.450. The third-order valence-electron chi connectivity index (χ3n) is 4.65. The zero-order chi connectivity index (χ0) is 19.6. The fourth-order valence-electron chi connectivity index (χ4n) is 3.23. The number of hydrogen-bond acceptors (Lipinski definition) is 4. The first-order chi connectivity index (χ1) is 12.8. The molecule has 7 heteroatoms. The number of nitrogens with zero attached hydrogens (tertiary/aromatic N) is 2. The Balaban J connectivity index is 1.68. The molecular formula is C20H24ClN3O2S. The molecule has 0 aliphatic carbocycles. The number of thiazole rings is 1. The Kier molecular flexibility index (Phi) is 6.17. The molecule has 0 spiro atoms. The number of likely N-dealkylation sites (tertiary alicyclic amines) is 1. The van der Waals surface area contributed by atoms with E-state index in [1.165, 1.54) is 11.3 Å². The van der Waals surface area contributed by atoms with Gasteiger partial charge in [0.1, 0.15) is 9.88 Å². The Morgan fingerprint density at radius 3 is 2.63 bits per heavy atom. The molecule has 3 rings (SSSR count). The topological polar surface area (TPSA) is 62.3 Å². The molecule has 1 aromatic carbocycles. The van der Waals surface area contributed by atoms with E-state index in [9.17, 15) is 9.59 Å². The van der Waals surface area contributed by atoms with Gasteiger partial charge in [0.25, 0.3) is 5.91 Å². The van der Waals surface area contributed by atoms with Crippen molar-refractivity contribution in [3.8, 4) is 10.6 Å². The van der Waals surface area contributed by atoms with Gasteiger partial charge in [-0.2, -0.15) is 0 Å². The third kappa shape index (κ3) is 4.68. The van der Waals surface area contributed by atoms with Crippen LogP contribution in [0, 0.1) is 12.8 Å². The fourth-order valence-corrected chi connectivity index (χ4v) is 4.45. The lowest BCUT2D eigenvalue weighted by Gasteiger charge is -2.31. The van der Waals surface area contributed by atoms with Crippen LogP contribution in [-0.4, -0.2) is 40.8 Å². The molecule has 1 N–H and O–H groups in total. The molecule has 5 nitrogen and oxygen atoms in total. The van der Waals surface area contributed by atoms with Crippen LogP contribution in [0.2, 0.25) is 5.02 Å². The summed E-state index contributed by atoms with van der Waals surface area (Å²) in [5.74, 6) is 0.0799. The highest BCUT2D eigenvalue weighted by Gasteiger charge is 2.29. The first kappa shape index (κ1) is 19.8. The highest BCUT2D eigenvalue weighted by Crippen LogP contribution is 2.31. The van der Waals surface area contributed by atoms with Crippen LogP contribution in [0.3, 0.4) is 0 Å². The van der Waals surface area contributed by atoms with Crippen LogP contribution in [0.15, 0.2) is 24.3 Å². The molecule has 0 bridgehead atoms. The van der Waals surface area contributed by atoms with Gasteiger partial charge >= 0.3 is 0 Å². The van der Waals surface area contributed by atoms with Crippen molar-refractivity contribution >= 4 is 34.8 Å². The minimum Gasteiger partial charge on any atom is -0.354 e. The molecule has 2 aromatic rings. The van der Waals surface area contributed by atoms with Crippen molar-refractivity contribution in [2.75, 3.05) is 13.1 Å². The Morgan fingerprint density at radius 1 is 1.30 bits per heavy atom. The number of aromatic nitrogens is 1. The summed E-state index contributed by atoms with van der Waals surface area (Å²) in [7, 11) is 0. The minimum absolute atomic E-state index is 0.000922. The van der Waals surface area contributed by atoms with Crippen molar-refractivity contribution in [1.82, 2.24) is 15.2 Å². The number of benzene rings is 1. The average Bonchev–Trinajstić information content (AvgIpc) is 3.02. The van der Waals surface area contributed by atoms with Crippen molar-refractivity contribution in [3.63, 3.8) is 0 Å². The Labute approximate surface area is 168 Å². The van der Waals surface area contributed by atoms with Gasteiger partial charge in [-0.1, -0.05) is 23.7 Å². The minimum atomic E-state index is -0.0129. The zero-order valence-corrected chi connectivity index (χ0v) is 17.4. The molecule has 2 amide bonds. The largest absolute Gasteiger partial charge is 0.354 e. The lowest BCUT2D eigenvalue weighted by atomic mass is 9.95. The number of nitrogens with one attached hydrogen (secondary N) is 1. The van der Waals surface area contributed by atoms with Crippen LogP contribution in [0.4, 0.5) is 0 Å².